The van der Waals surface area contributed by atoms with E-state index in [0.29, 0.717) is 11.5 Å². The molecule has 3 rings (SSSR count). The zero-order chi connectivity index (χ0) is 20.1. The predicted molar refractivity (Wildman–Crippen MR) is 110 cm³/mol. The van der Waals surface area contributed by atoms with Crippen LogP contribution >= 0.6 is 0 Å². The van der Waals surface area contributed by atoms with Crippen molar-refractivity contribution in [2.75, 3.05) is 12.4 Å². The number of amides is 1. The van der Waals surface area contributed by atoms with Crippen LogP contribution in [0, 0.1) is 13.8 Å². The number of ether oxygens (including phenoxy) is 1. The number of anilines is 2. The second-order valence-corrected chi connectivity index (χ2v) is 6.64. The van der Waals surface area contributed by atoms with Gasteiger partial charge in [-0.25, -0.2) is 9.97 Å². The molecular weight excluding hydrogens is 352 g/mol. The lowest BCUT2D eigenvalue weighted by Gasteiger charge is -2.15. The minimum Gasteiger partial charge on any atom is -0.497 e. The quantitative estimate of drug-likeness (QED) is 0.669. The lowest BCUT2D eigenvalue weighted by molar-refractivity contribution is 0.0940. The summed E-state index contributed by atoms with van der Waals surface area (Å²) in [5.41, 5.74) is 4.23. The van der Waals surface area contributed by atoms with E-state index in [0.717, 1.165) is 28.4 Å². The highest BCUT2D eigenvalue weighted by molar-refractivity contribution is 5.94. The third kappa shape index (κ3) is 4.85. The zero-order valence-electron chi connectivity index (χ0n) is 16.5. The summed E-state index contributed by atoms with van der Waals surface area (Å²) in [6, 6.07) is 16.7. The van der Waals surface area contributed by atoms with E-state index in [1.165, 1.54) is 0 Å². The summed E-state index contributed by atoms with van der Waals surface area (Å²) in [4.78, 5) is 21.3. The Morgan fingerprint density at radius 1 is 0.964 bits per heavy atom. The molecule has 1 heterocycles. The van der Waals surface area contributed by atoms with Gasteiger partial charge in [0.2, 0.25) is 5.95 Å². The summed E-state index contributed by atoms with van der Waals surface area (Å²) in [5, 5.41) is 6.17. The third-order valence-electron chi connectivity index (χ3n) is 4.35. The second-order valence-electron chi connectivity index (χ2n) is 6.64. The maximum Gasteiger partial charge on any atom is 0.251 e. The number of carbonyl (C=O) groups is 1. The van der Waals surface area contributed by atoms with Gasteiger partial charge in [0, 0.05) is 22.6 Å². The zero-order valence-corrected chi connectivity index (χ0v) is 16.5. The maximum absolute atomic E-state index is 12.5. The highest BCUT2D eigenvalue weighted by atomic mass is 16.5. The number of benzene rings is 2. The first-order valence-electron chi connectivity index (χ1n) is 9.09. The molecule has 0 aliphatic rings. The molecule has 144 valence electrons. The van der Waals surface area contributed by atoms with Crippen LogP contribution in [0.3, 0.4) is 0 Å². The molecule has 2 N–H and O–H groups in total. The van der Waals surface area contributed by atoms with Crippen molar-refractivity contribution in [3.63, 3.8) is 0 Å². The van der Waals surface area contributed by atoms with Crippen molar-refractivity contribution in [3.8, 4) is 5.75 Å². The number of methoxy groups -OCH3 is 1. The highest BCUT2D eigenvalue weighted by Crippen LogP contribution is 2.19. The van der Waals surface area contributed by atoms with Crippen molar-refractivity contribution < 1.29 is 9.53 Å². The molecule has 0 spiro atoms. The molecule has 2 aromatic carbocycles. The smallest absolute Gasteiger partial charge is 0.251 e. The van der Waals surface area contributed by atoms with E-state index in [-0.39, 0.29) is 11.9 Å². The summed E-state index contributed by atoms with van der Waals surface area (Å²) < 4.78 is 5.16. The van der Waals surface area contributed by atoms with Gasteiger partial charge in [0.25, 0.3) is 5.91 Å². The van der Waals surface area contributed by atoms with E-state index in [1.54, 1.807) is 19.2 Å². The first kappa shape index (κ1) is 19.4. The van der Waals surface area contributed by atoms with E-state index in [2.05, 4.69) is 20.6 Å². The van der Waals surface area contributed by atoms with Gasteiger partial charge in [-0.15, -0.1) is 0 Å². The standard InChI is InChI=1S/C22H24N4O2/c1-14-13-15(2)24-22(23-14)26-19-9-5-18(6-10-19)21(27)25-16(3)17-7-11-20(28-4)12-8-17/h5-13,16H,1-4H3,(H,25,27)(H,23,24,26)/t16-/m0/s1. The van der Waals surface area contributed by atoms with Crippen LogP contribution in [0.1, 0.15) is 40.3 Å². The van der Waals surface area contributed by atoms with Gasteiger partial charge in [-0.3, -0.25) is 4.79 Å². The van der Waals surface area contributed by atoms with Crippen LogP contribution in [-0.2, 0) is 0 Å². The van der Waals surface area contributed by atoms with Crippen molar-refractivity contribution in [2.24, 2.45) is 0 Å². The maximum atomic E-state index is 12.5. The van der Waals surface area contributed by atoms with Crippen molar-refractivity contribution >= 4 is 17.5 Å². The molecule has 0 unspecified atom stereocenters. The first-order chi connectivity index (χ1) is 13.4. The lowest BCUT2D eigenvalue weighted by Crippen LogP contribution is -2.26. The van der Waals surface area contributed by atoms with Gasteiger partial charge in [0.15, 0.2) is 0 Å². The average Bonchev–Trinajstić information content (AvgIpc) is 2.67. The molecule has 0 fully saturated rings. The van der Waals surface area contributed by atoms with E-state index < -0.39 is 0 Å². The Balaban J connectivity index is 1.64. The fourth-order valence-electron chi connectivity index (χ4n) is 2.87. The fraction of sp³-hybridized carbons (Fsp3) is 0.227. The molecule has 0 bridgehead atoms. The number of rotatable bonds is 6. The molecule has 0 saturated heterocycles. The number of nitrogens with one attached hydrogen (secondary N) is 2. The molecule has 1 amide bonds. The molecular formula is C22H24N4O2. The Hall–Kier alpha value is -3.41. The minimum absolute atomic E-state index is 0.111. The van der Waals surface area contributed by atoms with Gasteiger partial charge in [0.05, 0.1) is 13.2 Å². The molecule has 0 saturated carbocycles. The fourth-order valence-corrected chi connectivity index (χ4v) is 2.87. The lowest BCUT2D eigenvalue weighted by atomic mass is 10.1. The number of hydrogen-bond acceptors (Lipinski definition) is 5. The molecule has 3 aromatic rings. The largest absolute Gasteiger partial charge is 0.497 e. The molecule has 6 heteroatoms. The van der Waals surface area contributed by atoms with Crippen LogP contribution in [0.25, 0.3) is 0 Å². The number of aryl methyl sites for hydroxylation is 2. The Bertz CT molecular complexity index is 933. The van der Waals surface area contributed by atoms with Gasteiger partial charge < -0.3 is 15.4 Å². The first-order valence-corrected chi connectivity index (χ1v) is 9.09. The van der Waals surface area contributed by atoms with Crippen LogP contribution < -0.4 is 15.4 Å². The molecule has 6 nitrogen and oxygen atoms in total. The van der Waals surface area contributed by atoms with Crippen molar-refractivity contribution in [1.82, 2.24) is 15.3 Å². The van der Waals surface area contributed by atoms with E-state index in [9.17, 15) is 4.79 Å². The predicted octanol–water partition coefficient (Wildman–Crippen LogP) is 4.34. The van der Waals surface area contributed by atoms with Gasteiger partial charge in [-0.2, -0.15) is 0 Å². The average molecular weight is 376 g/mol. The minimum atomic E-state index is -0.127. The molecule has 0 aliphatic carbocycles. The van der Waals surface area contributed by atoms with E-state index in [4.69, 9.17) is 4.74 Å². The van der Waals surface area contributed by atoms with E-state index >= 15 is 0 Å². The highest BCUT2D eigenvalue weighted by Gasteiger charge is 2.12. The van der Waals surface area contributed by atoms with Crippen LogP contribution in [0.5, 0.6) is 5.75 Å². The van der Waals surface area contributed by atoms with E-state index in [1.807, 2.05) is 63.2 Å². The van der Waals surface area contributed by atoms with Crippen molar-refractivity contribution in [3.05, 3.63) is 77.1 Å². The number of hydrogen-bond donors (Lipinski definition) is 2. The number of carbonyl (C=O) groups excluding carboxylic acids is 1. The number of nitrogens with zero attached hydrogens (tertiary/aromatic N) is 2. The summed E-state index contributed by atoms with van der Waals surface area (Å²) in [6.07, 6.45) is 0. The molecule has 1 aromatic heterocycles. The Labute approximate surface area is 165 Å². The van der Waals surface area contributed by atoms with Gasteiger partial charge >= 0.3 is 0 Å². The molecule has 0 aliphatic heterocycles. The van der Waals surface area contributed by atoms with Gasteiger partial charge in [-0.1, -0.05) is 12.1 Å². The van der Waals surface area contributed by atoms with Crippen LogP contribution in [0.2, 0.25) is 0 Å². The van der Waals surface area contributed by atoms with Gasteiger partial charge in [0.1, 0.15) is 5.75 Å². The van der Waals surface area contributed by atoms with Crippen LogP contribution in [0.4, 0.5) is 11.6 Å². The van der Waals surface area contributed by atoms with Crippen molar-refractivity contribution in [2.45, 2.75) is 26.8 Å². The Morgan fingerprint density at radius 2 is 1.57 bits per heavy atom. The topological polar surface area (TPSA) is 76.1 Å². The Kier molecular flexibility index (Phi) is 5.89. The number of aromatic nitrogens is 2. The normalized spacial score (nSPS) is 11.6. The van der Waals surface area contributed by atoms with Crippen LogP contribution in [0.15, 0.2) is 54.6 Å². The molecule has 28 heavy (non-hydrogen) atoms. The Morgan fingerprint density at radius 3 is 2.14 bits per heavy atom. The summed E-state index contributed by atoms with van der Waals surface area (Å²) >= 11 is 0. The molecule has 1 atom stereocenters. The monoisotopic (exact) mass is 376 g/mol. The second kappa shape index (κ2) is 8.52. The summed E-state index contributed by atoms with van der Waals surface area (Å²) in [6.45, 7) is 5.81. The summed E-state index contributed by atoms with van der Waals surface area (Å²) in [7, 11) is 1.63. The van der Waals surface area contributed by atoms with Gasteiger partial charge in [-0.05, 0) is 68.8 Å². The third-order valence-corrected chi connectivity index (χ3v) is 4.35. The SMILES string of the molecule is COc1ccc([C@H](C)NC(=O)c2ccc(Nc3nc(C)cc(C)n3)cc2)cc1. The van der Waals surface area contributed by atoms with Crippen molar-refractivity contribution in [1.29, 1.82) is 0 Å². The van der Waals surface area contributed by atoms with Crippen LogP contribution in [-0.4, -0.2) is 23.0 Å². The molecule has 0 radical (unpaired) electrons. The summed E-state index contributed by atoms with van der Waals surface area (Å²) in [5.74, 6) is 1.21.